The predicted octanol–water partition coefficient (Wildman–Crippen LogP) is 4.87. The summed E-state index contributed by atoms with van der Waals surface area (Å²) in [5.74, 6) is 2.15. The van der Waals surface area contributed by atoms with Crippen molar-refractivity contribution < 1.29 is 4.74 Å². The molecule has 0 saturated heterocycles. The van der Waals surface area contributed by atoms with Gasteiger partial charge in [0.1, 0.15) is 18.2 Å². The fourth-order valence-corrected chi connectivity index (χ4v) is 2.27. The van der Waals surface area contributed by atoms with Crippen molar-refractivity contribution in [2.45, 2.75) is 32.8 Å². The Kier molecular flexibility index (Phi) is 5.45. The van der Waals surface area contributed by atoms with E-state index < -0.39 is 0 Å². The number of para-hydroxylation sites is 1. The minimum Gasteiger partial charge on any atom is -0.487 e. The van der Waals surface area contributed by atoms with E-state index in [0.29, 0.717) is 17.5 Å². The minimum absolute atomic E-state index is 0.363. The van der Waals surface area contributed by atoms with Gasteiger partial charge in [-0.05, 0) is 36.1 Å². The topological polar surface area (TPSA) is 34.1 Å². The maximum atomic E-state index is 6.18. The van der Waals surface area contributed by atoms with Gasteiger partial charge in [-0.15, -0.1) is 0 Å². The van der Waals surface area contributed by atoms with Gasteiger partial charge in [-0.2, -0.15) is 0 Å². The molecule has 21 heavy (non-hydrogen) atoms. The molecule has 112 valence electrons. The van der Waals surface area contributed by atoms with Crippen LogP contribution in [-0.4, -0.2) is 12.0 Å². The van der Waals surface area contributed by atoms with Crippen molar-refractivity contribution in [2.24, 2.45) is 0 Å². The first-order valence-electron chi connectivity index (χ1n) is 7.20. The second kappa shape index (κ2) is 7.32. The van der Waals surface area contributed by atoms with Crippen LogP contribution in [0.5, 0.6) is 5.75 Å². The molecule has 4 heteroatoms. The molecule has 0 amide bonds. The van der Waals surface area contributed by atoms with Crippen molar-refractivity contribution in [1.82, 2.24) is 4.98 Å². The third-order valence-corrected chi connectivity index (χ3v) is 3.95. The summed E-state index contributed by atoms with van der Waals surface area (Å²) in [6.45, 7) is 4.74. The van der Waals surface area contributed by atoms with Crippen LogP contribution in [0.1, 0.15) is 37.4 Å². The zero-order valence-electron chi connectivity index (χ0n) is 12.7. The molecular formula is C17H21ClN2O. The van der Waals surface area contributed by atoms with E-state index in [1.807, 2.05) is 37.4 Å². The van der Waals surface area contributed by atoms with E-state index in [9.17, 15) is 0 Å². The smallest absolute Gasteiger partial charge is 0.132 e. The number of nitrogens with zero attached hydrogens (tertiary/aromatic N) is 1. The Morgan fingerprint density at radius 3 is 2.71 bits per heavy atom. The van der Waals surface area contributed by atoms with Crippen molar-refractivity contribution in [1.29, 1.82) is 0 Å². The number of halogens is 1. The van der Waals surface area contributed by atoms with Gasteiger partial charge in [0.25, 0.3) is 0 Å². The lowest BCUT2D eigenvalue weighted by Gasteiger charge is -2.16. The molecule has 1 aromatic heterocycles. The number of benzene rings is 1. The van der Waals surface area contributed by atoms with E-state index in [4.69, 9.17) is 16.3 Å². The van der Waals surface area contributed by atoms with Gasteiger partial charge in [-0.3, -0.25) is 0 Å². The number of hydrogen-bond donors (Lipinski definition) is 1. The molecule has 0 radical (unpaired) electrons. The summed E-state index contributed by atoms with van der Waals surface area (Å²) in [6.07, 6.45) is 1.08. The van der Waals surface area contributed by atoms with Gasteiger partial charge in [0, 0.05) is 7.05 Å². The minimum atomic E-state index is 0.363. The molecule has 0 saturated carbocycles. The van der Waals surface area contributed by atoms with Crippen LogP contribution < -0.4 is 10.1 Å². The fraction of sp³-hybridized carbons (Fsp3) is 0.353. The number of rotatable bonds is 6. The number of anilines is 1. The molecule has 0 aliphatic carbocycles. The number of pyridine rings is 1. The monoisotopic (exact) mass is 304 g/mol. The highest BCUT2D eigenvalue weighted by molar-refractivity contribution is 6.31. The lowest BCUT2D eigenvalue weighted by Crippen LogP contribution is -2.04. The van der Waals surface area contributed by atoms with Gasteiger partial charge in [-0.1, -0.05) is 43.6 Å². The average Bonchev–Trinajstić information content (AvgIpc) is 2.53. The van der Waals surface area contributed by atoms with Gasteiger partial charge in [0.2, 0.25) is 0 Å². The van der Waals surface area contributed by atoms with Crippen LogP contribution in [0.3, 0.4) is 0 Å². The number of aromatic nitrogens is 1. The van der Waals surface area contributed by atoms with Gasteiger partial charge in [-0.25, -0.2) is 4.98 Å². The normalized spacial score (nSPS) is 12.0. The summed E-state index contributed by atoms with van der Waals surface area (Å²) in [6, 6.07) is 11.8. The molecule has 0 spiro atoms. The second-order valence-corrected chi connectivity index (χ2v) is 5.42. The first-order chi connectivity index (χ1) is 10.2. The maximum absolute atomic E-state index is 6.18. The highest BCUT2D eigenvalue weighted by Gasteiger charge is 2.11. The Labute approximate surface area is 131 Å². The summed E-state index contributed by atoms with van der Waals surface area (Å²) in [7, 11) is 1.83. The largest absolute Gasteiger partial charge is 0.487 e. The molecule has 3 nitrogen and oxygen atoms in total. The molecule has 0 bridgehead atoms. The summed E-state index contributed by atoms with van der Waals surface area (Å²) < 4.78 is 5.95. The van der Waals surface area contributed by atoms with Crippen molar-refractivity contribution in [3.8, 4) is 5.75 Å². The van der Waals surface area contributed by atoms with E-state index >= 15 is 0 Å². The van der Waals surface area contributed by atoms with E-state index in [1.165, 1.54) is 5.56 Å². The lowest BCUT2D eigenvalue weighted by atomic mass is 9.98. The van der Waals surface area contributed by atoms with E-state index in [1.54, 1.807) is 0 Å². The van der Waals surface area contributed by atoms with Crippen LogP contribution in [0.4, 0.5) is 5.82 Å². The quantitative estimate of drug-likeness (QED) is 0.826. The highest BCUT2D eigenvalue weighted by atomic mass is 35.5. The van der Waals surface area contributed by atoms with Gasteiger partial charge in [0.05, 0.1) is 10.7 Å². The van der Waals surface area contributed by atoms with Crippen LogP contribution in [0, 0.1) is 0 Å². The zero-order chi connectivity index (χ0) is 15.2. The zero-order valence-corrected chi connectivity index (χ0v) is 13.4. The van der Waals surface area contributed by atoms with E-state index in [2.05, 4.69) is 30.2 Å². The predicted molar refractivity (Wildman–Crippen MR) is 88.3 cm³/mol. The molecule has 0 aliphatic heterocycles. The molecule has 1 heterocycles. The third kappa shape index (κ3) is 3.88. The lowest BCUT2D eigenvalue weighted by molar-refractivity contribution is 0.296. The number of hydrogen-bond acceptors (Lipinski definition) is 3. The summed E-state index contributed by atoms with van der Waals surface area (Å²) in [5, 5.41) is 3.63. The third-order valence-electron chi connectivity index (χ3n) is 3.60. The molecular weight excluding hydrogens is 284 g/mol. The number of nitrogens with one attached hydrogen (secondary N) is 1. The van der Waals surface area contributed by atoms with Crippen LogP contribution in [0.25, 0.3) is 0 Å². The van der Waals surface area contributed by atoms with Crippen LogP contribution >= 0.6 is 11.6 Å². The van der Waals surface area contributed by atoms with Gasteiger partial charge in [0.15, 0.2) is 0 Å². The fourth-order valence-electron chi connectivity index (χ4n) is 2.11. The Hall–Kier alpha value is -1.74. The highest BCUT2D eigenvalue weighted by Crippen LogP contribution is 2.29. The van der Waals surface area contributed by atoms with E-state index in [0.717, 1.165) is 23.7 Å². The van der Waals surface area contributed by atoms with Crippen molar-refractivity contribution in [2.75, 3.05) is 12.4 Å². The average molecular weight is 305 g/mol. The second-order valence-electron chi connectivity index (χ2n) is 5.01. The van der Waals surface area contributed by atoms with Crippen LogP contribution in [0.2, 0.25) is 5.02 Å². The van der Waals surface area contributed by atoms with Gasteiger partial charge >= 0.3 is 0 Å². The molecule has 1 aromatic carbocycles. The molecule has 1 atom stereocenters. The molecule has 1 unspecified atom stereocenters. The van der Waals surface area contributed by atoms with Crippen LogP contribution in [0.15, 0.2) is 36.4 Å². The van der Waals surface area contributed by atoms with E-state index in [-0.39, 0.29) is 0 Å². The Balaban J connectivity index is 2.17. The standard InChI is InChI=1S/C17H21ClN2O/c1-4-12(2)13-7-5-6-8-16(13)21-11-15-14(18)9-10-17(19-3)20-15/h5-10,12H,4,11H2,1-3H3,(H,19,20). The molecule has 1 N–H and O–H groups in total. The Morgan fingerprint density at radius 1 is 1.24 bits per heavy atom. The SMILES string of the molecule is CCC(C)c1ccccc1OCc1nc(NC)ccc1Cl. The first-order valence-corrected chi connectivity index (χ1v) is 7.58. The maximum Gasteiger partial charge on any atom is 0.132 e. The van der Waals surface area contributed by atoms with Gasteiger partial charge < -0.3 is 10.1 Å². The molecule has 2 aromatic rings. The molecule has 2 rings (SSSR count). The summed E-state index contributed by atoms with van der Waals surface area (Å²) in [5.41, 5.74) is 1.96. The Morgan fingerprint density at radius 2 is 2.00 bits per heavy atom. The summed E-state index contributed by atoms with van der Waals surface area (Å²) >= 11 is 6.18. The van der Waals surface area contributed by atoms with Crippen molar-refractivity contribution in [3.05, 3.63) is 52.7 Å². The Bertz CT molecular complexity index is 601. The van der Waals surface area contributed by atoms with Crippen LogP contribution in [-0.2, 0) is 6.61 Å². The van der Waals surface area contributed by atoms with Crippen molar-refractivity contribution in [3.63, 3.8) is 0 Å². The molecule has 0 aliphatic rings. The molecule has 0 fully saturated rings. The van der Waals surface area contributed by atoms with Crippen molar-refractivity contribution >= 4 is 17.4 Å². The summed E-state index contributed by atoms with van der Waals surface area (Å²) in [4.78, 5) is 4.43. The number of ether oxygens (including phenoxy) is 1. The first kappa shape index (κ1) is 15.6.